The van der Waals surface area contributed by atoms with Crippen molar-refractivity contribution in [3.8, 4) is 0 Å². The maximum atomic E-state index is 5.57. The van der Waals surface area contributed by atoms with Crippen molar-refractivity contribution in [3.63, 3.8) is 0 Å². The first-order valence-corrected chi connectivity index (χ1v) is 6.17. The number of anilines is 1. The molecule has 0 aliphatic rings. The molecular formula is C14H28N2. The average Bonchev–Trinajstić information content (AvgIpc) is 2.33. The first-order valence-electron chi connectivity index (χ1n) is 6.17. The number of nitrogens with zero attached hydrogens (tertiary/aromatic N) is 1. The van der Waals surface area contributed by atoms with Gasteiger partial charge in [-0.1, -0.05) is 39.8 Å². The largest absolute Gasteiger partial charge is 0.399 e. The fraction of sp³-hybridized carbons (Fsp3) is 0.571. The van der Waals surface area contributed by atoms with Gasteiger partial charge in [-0.3, -0.25) is 0 Å². The third kappa shape index (κ3) is 9.53. The molecule has 0 unspecified atom stereocenters. The van der Waals surface area contributed by atoms with E-state index in [0.29, 0.717) is 0 Å². The van der Waals surface area contributed by atoms with Gasteiger partial charge in [0.2, 0.25) is 0 Å². The van der Waals surface area contributed by atoms with E-state index in [1.807, 2.05) is 39.8 Å². The van der Waals surface area contributed by atoms with E-state index in [9.17, 15) is 0 Å². The molecule has 2 nitrogen and oxygen atoms in total. The minimum atomic E-state index is 0.837. The van der Waals surface area contributed by atoms with Crippen LogP contribution in [0.15, 0.2) is 24.3 Å². The quantitative estimate of drug-likeness (QED) is 0.797. The molecule has 0 amide bonds. The Hall–Kier alpha value is -1.02. The number of hydrogen-bond donors (Lipinski definition) is 1. The SMILES string of the molecule is CC.CC.CN(C)CCc1ccc(N)cc1. The van der Waals surface area contributed by atoms with E-state index in [2.05, 4.69) is 31.1 Å². The van der Waals surface area contributed by atoms with Crippen LogP contribution in [0.1, 0.15) is 33.3 Å². The topological polar surface area (TPSA) is 29.3 Å². The zero-order valence-electron chi connectivity index (χ0n) is 11.7. The van der Waals surface area contributed by atoms with E-state index in [1.165, 1.54) is 5.56 Å². The van der Waals surface area contributed by atoms with Crippen LogP contribution < -0.4 is 5.73 Å². The number of hydrogen-bond acceptors (Lipinski definition) is 2. The molecule has 0 radical (unpaired) electrons. The molecule has 16 heavy (non-hydrogen) atoms. The van der Waals surface area contributed by atoms with Gasteiger partial charge in [-0.25, -0.2) is 0 Å². The lowest BCUT2D eigenvalue weighted by molar-refractivity contribution is 0.413. The van der Waals surface area contributed by atoms with Crippen LogP contribution in [0.25, 0.3) is 0 Å². The van der Waals surface area contributed by atoms with Gasteiger partial charge in [0.15, 0.2) is 0 Å². The predicted molar refractivity (Wildman–Crippen MR) is 75.8 cm³/mol. The maximum Gasteiger partial charge on any atom is 0.0314 e. The standard InChI is InChI=1S/C10H16N2.2C2H6/c1-12(2)8-7-9-3-5-10(11)6-4-9;2*1-2/h3-6H,7-8,11H2,1-2H3;2*1-2H3. The monoisotopic (exact) mass is 224 g/mol. The molecule has 2 N–H and O–H groups in total. The molecule has 0 saturated heterocycles. The van der Waals surface area contributed by atoms with Crippen molar-refractivity contribution >= 4 is 5.69 Å². The van der Waals surface area contributed by atoms with Crippen LogP contribution in [0, 0.1) is 0 Å². The smallest absolute Gasteiger partial charge is 0.0314 e. The highest BCUT2D eigenvalue weighted by atomic mass is 15.0. The van der Waals surface area contributed by atoms with Crippen LogP contribution in [0.5, 0.6) is 0 Å². The summed E-state index contributed by atoms with van der Waals surface area (Å²) in [5.74, 6) is 0. The van der Waals surface area contributed by atoms with Gasteiger partial charge in [0.25, 0.3) is 0 Å². The van der Waals surface area contributed by atoms with Gasteiger partial charge < -0.3 is 10.6 Å². The summed E-state index contributed by atoms with van der Waals surface area (Å²) in [6.45, 7) is 9.09. The number of nitrogen functional groups attached to an aromatic ring is 1. The van der Waals surface area contributed by atoms with Crippen LogP contribution in [0.3, 0.4) is 0 Å². The van der Waals surface area contributed by atoms with E-state index in [0.717, 1.165) is 18.7 Å². The Bertz CT molecular complexity index is 227. The van der Waals surface area contributed by atoms with Crippen molar-refractivity contribution in [2.45, 2.75) is 34.1 Å². The fourth-order valence-corrected chi connectivity index (χ4v) is 1.04. The first kappa shape index (κ1) is 17.4. The molecule has 0 atom stereocenters. The molecule has 1 aromatic rings. The Labute approximate surface area is 101 Å². The zero-order valence-corrected chi connectivity index (χ0v) is 11.7. The summed E-state index contributed by atoms with van der Waals surface area (Å²) in [5.41, 5.74) is 7.75. The molecular weight excluding hydrogens is 196 g/mol. The molecule has 0 heterocycles. The van der Waals surface area contributed by atoms with Crippen LogP contribution >= 0.6 is 0 Å². The number of benzene rings is 1. The third-order valence-corrected chi connectivity index (χ3v) is 1.83. The third-order valence-electron chi connectivity index (χ3n) is 1.83. The van der Waals surface area contributed by atoms with Crippen molar-refractivity contribution in [2.24, 2.45) is 0 Å². The molecule has 0 saturated carbocycles. The van der Waals surface area contributed by atoms with Crippen LogP contribution in [0.2, 0.25) is 0 Å². The molecule has 1 rings (SSSR count). The molecule has 0 bridgehead atoms. The molecule has 94 valence electrons. The van der Waals surface area contributed by atoms with Crippen molar-refractivity contribution in [1.82, 2.24) is 4.90 Å². The lowest BCUT2D eigenvalue weighted by Gasteiger charge is -2.08. The molecule has 2 heteroatoms. The van der Waals surface area contributed by atoms with E-state index < -0.39 is 0 Å². The van der Waals surface area contributed by atoms with E-state index in [4.69, 9.17) is 5.73 Å². The molecule has 0 aliphatic heterocycles. The van der Waals surface area contributed by atoms with Gasteiger partial charge in [0.1, 0.15) is 0 Å². The van der Waals surface area contributed by atoms with Crippen LogP contribution in [-0.2, 0) is 6.42 Å². The van der Waals surface area contributed by atoms with E-state index >= 15 is 0 Å². The molecule has 0 aliphatic carbocycles. The summed E-state index contributed by atoms with van der Waals surface area (Å²) in [7, 11) is 4.16. The molecule has 0 aromatic heterocycles. The highest BCUT2D eigenvalue weighted by Crippen LogP contribution is 2.05. The lowest BCUT2D eigenvalue weighted by Crippen LogP contribution is -2.14. The Morgan fingerprint density at radius 1 is 0.938 bits per heavy atom. The van der Waals surface area contributed by atoms with Crippen molar-refractivity contribution < 1.29 is 0 Å². The zero-order chi connectivity index (χ0) is 13.0. The Kier molecular flexibility index (Phi) is 13.1. The highest BCUT2D eigenvalue weighted by Gasteiger charge is 1.93. The number of likely N-dealkylation sites (N-methyl/N-ethyl adjacent to an activating group) is 1. The van der Waals surface area contributed by atoms with Crippen molar-refractivity contribution in [2.75, 3.05) is 26.4 Å². The highest BCUT2D eigenvalue weighted by molar-refractivity contribution is 5.39. The molecule has 1 aromatic carbocycles. The van der Waals surface area contributed by atoms with Gasteiger partial charge in [-0.2, -0.15) is 0 Å². The summed E-state index contributed by atoms with van der Waals surface area (Å²) in [6, 6.07) is 8.06. The normalized spacial score (nSPS) is 8.69. The number of rotatable bonds is 3. The Balaban J connectivity index is 0. The first-order chi connectivity index (χ1) is 7.68. The van der Waals surface area contributed by atoms with E-state index in [1.54, 1.807) is 0 Å². The fourth-order valence-electron chi connectivity index (χ4n) is 1.04. The number of nitrogens with two attached hydrogens (primary N) is 1. The summed E-state index contributed by atoms with van der Waals surface area (Å²) >= 11 is 0. The molecule has 0 spiro atoms. The summed E-state index contributed by atoms with van der Waals surface area (Å²) < 4.78 is 0. The Morgan fingerprint density at radius 2 is 1.38 bits per heavy atom. The van der Waals surface area contributed by atoms with Gasteiger partial charge in [-0.05, 0) is 38.2 Å². The Morgan fingerprint density at radius 3 is 1.75 bits per heavy atom. The van der Waals surface area contributed by atoms with Gasteiger partial charge in [-0.15, -0.1) is 0 Å². The maximum absolute atomic E-state index is 5.57. The van der Waals surface area contributed by atoms with Crippen LogP contribution in [-0.4, -0.2) is 25.5 Å². The van der Waals surface area contributed by atoms with Gasteiger partial charge in [0, 0.05) is 12.2 Å². The second-order valence-electron chi connectivity index (χ2n) is 3.29. The van der Waals surface area contributed by atoms with E-state index in [-0.39, 0.29) is 0 Å². The second-order valence-corrected chi connectivity index (χ2v) is 3.29. The second kappa shape index (κ2) is 12.1. The van der Waals surface area contributed by atoms with Crippen LogP contribution in [0.4, 0.5) is 5.69 Å². The summed E-state index contributed by atoms with van der Waals surface area (Å²) in [5, 5.41) is 0. The molecule has 0 fully saturated rings. The predicted octanol–water partition coefficient (Wildman–Crippen LogP) is 3.43. The van der Waals surface area contributed by atoms with Crippen molar-refractivity contribution in [1.29, 1.82) is 0 Å². The summed E-state index contributed by atoms with van der Waals surface area (Å²) in [6.07, 6.45) is 1.09. The average molecular weight is 224 g/mol. The lowest BCUT2D eigenvalue weighted by atomic mass is 10.1. The van der Waals surface area contributed by atoms with Crippen molar-refractivity contribution in [3.05, 3.63) is 29.8 Å². The van der Waals surface area contributed by atoms with Gasteiger partial charge >= 0.3 is 0 Å². The minimum absolute atomic E-state index is 0.837. The minimum Gasteiger partial charge on any atom is -0.399 e. The van der Waals surface area contributed by atoms with Gasteiger partial charge in [0.05, 0.1) is 0 Å². The summed E-state index contributed by atoms with van der Waals surface area (Å²) in [4.78, 5) is 2.18.